The van der Waals surface area contributed by atoms with E-state index in [-0.39, 0.29) is 11.7 Å². The Morgan fingerprint density at radius 3 is 2.70 bits per heavy atom. The first-order valence-corrected chi connectivity index (χ1v) is 7.68. The zero-order valence-corrected chi connectivity index (χ0v) is 13.1. The largest absolute Gasteiger partial charge is 0.318 e. The van der Waals surface area contributed by atoms with Crippen LogP contribution in [0.3, 0.4) is 0 Å². The monoisotopic (exact) mass is 326 g/mol. The Balaban J connectivity index is 1.62. The summed E-state index contributed by atoms with van der Waals surface area (Å²) in [6, 6.07) is 13.9. The normalized spacial score (nSPS) is 13.2. The minimum absolute atomic E-state index is 0.302. The van der Waals surface area contributed by atoms with E-state index in [9.17, 15) is 9.18 Å². The van der Waals surface area contributed by atoms with Crippen molar-refractivity contribution >= 4 is 35.0 Å². The molecular weight excluding hydrogens is 311 g/mol. The van der Waals surface area contributed by atoms with Crippen molar-refractivity contribution in [1.29, 1.82) is 0 Å². The number of halogens is 1. The number of hydrogen-bond donors (Lipinski definition) is 1. The van der Waals surface area contributed by atoms with Crippen LogP contribution in [-0.4, -0.2) is 17.6 Å². The minimum atomic E-state index is -0.305. The highest BCUT2D eigenvalue weighted by molar-refractivity contribution is 7.80. The Kier molecular flexibility index (Phi) is 4.48. The van der Waals surface area contributed by atoms with Gasteiger partial charge in [-0.15, -0.1) is 0 Å². The molecule has 0 radical (unpaired) electrons. The molecule has 1 N–H and O–H groups in total. The summed E-state index contributed by atoms with van der Waals surface area (Å²) in [7, 11) is 0. The van der Waals surface area contributed by atoms with Gasteiger partial charge in [0.15, 0.2) is 5.11 Å². The summed E-state index contributed by atoms with van der Waals surface area (Å²) in [5.41, 5.74) is 3.02. The van der Waals surface area contributed by atoms with Gasteiger partial charge in [-0.1, -0.05) is 30.3 Å². The number of nitrogens with zero attached hydrogens (tertiary/aromatic N) is 1. The zero-order chi connectivity index (χ0) is 16.2. The number of hydrogen-bond acceptors (Lipinski definition) is 2. The van der Waals surface area contributed by atoms with Crippen molar-refractivity contribution in [2.75, 3.05) is 11.4 Å². The van der Waals surface area contributed by atoms with Crippen molar-refractivity contribution in [1.82, 2.24) is 5.32 Å². The van der Waals surface area contributed by atoms with Crippen LogP contribution in [0.4, 0.5) is 10.1 Å². The average Bonchev–Trinajstić information content (AvgIpc) is 2.98. The molecule has 0 fully saturated rings. The van der Waals surface area contributed by atoms with E-state index in [1.54, 1.807) is 18.2 Å². The number of benzene rings is 2. The lowest BCUT2D eigenvalue weighted by molar-refractivity contribution is -0.115. The first kappa shape index (κ1) is 15.4. The summed E-state index contributed by atoms with van der Waals surface area (Å²) in [6.07, 6.45) is 3.93. The lowest BCUT2D eigenvalue weighted by Gasteiger charge is -2.19. The molecule has 0 atom stereocenters. The molecule has 0 aromatic heterocycles. The number of anilines is 1. The van der Waals surface area contributed by atoms with Gasteiger partial charge in [0.1, 0.15) is 5.82 Å². The maximum absolute atomic E-state index is 12.8. The summed E-state index contributed by atoms with van der Waals surface area (Å²) in [6.45, 7) is 0.764. The number of nitrogens with one attached hydrogen (secondary N) is 1. The van der Waals surface area contributed by atoms with E-state index in [1.165, 1.54) is 23.8 Å². The van der Waals surface area contributed by atoms with E-state index in [2.05, 4.69) is 11.4 Å². The predicted octanol–water partition coefficient (Wildman–Crippen LogP) is 3.30. The zero-order valence-electron chi connectivity index (χ0n) is 12.3. The second kappa shape index (κ2) is 6.71. The average molecular weight is 326 g/mol. The molecule has 5 heteroatoms. The van der Waals surface area contributed by atoms with E-state index in [1.807, 2.05) is 23.1 Å². The number of thiocarbonyl (C=S) groups is 1. The first-order valence-electron chi connectivity index (χ1n) is 7.27. The van der Waals surface area contributed by atoms with Gasteiger partial charge < -0.3 is 4.90 Å². The van der Waals surface area contributed by atoms with Gasteiger partial charge in [-0.05, 0) is 54.0 Å². The highest BCUT2D eigenvalue weighted by Crippen LogP contribution is 2.27. The Morgan fingerprint density at radius 1 is 1.17 bits per heavy atom. The molecule has 116 valence electrons. The van der Waals surface area contributed by atoms with Gasteiger partial charge in [-0.25, -0.2) is 4.39 Å². The molecule has 1 aliphatic heterocycles. The highest BCUT2D eigenvalue weighted by atomic mass is 32.1. The van der Waals surface area contributed by atoms with Crippen LogP contribution in [0.2, 0.25) is 0 Å². The minimum Gasteiger partial charge on any atom is -0.318 e. The van der Waals surface area contributed by atoms with E-state index >= 15 is 0 Å². The molecule has 0 aliphatic carbocycles. The Hall–Kier alpha value is -2.53. The fourth-order valence-corrected chi connectivity index (χ4v) is 2.80. The van der Waals surface area contributed by atoms with Crippen LogP contribution in [0.25, 0.3) is 6.08 Å². The molecular formula is C18H15FN2OS. The van der Waals surface area contributed by atoms with Crippen LogP contribution in [-0.2, 0) is 11.2 Å². The van der Waals surface area contributed by atoms with Crippen LogP contribution < -0.4 is 10.2 Å². The molecule has 1 heterocycles. The van der Waals surface area contributed by atoms with Gasteiger partial charge in [0.2, 0.25) is 5.91 Å². The summed E-state index contributed by atoms with van der Waals surface area (Å²) in [5, 5.41) is 3.09. The number of carbonyl (C=O) groups excluding carboxylic acids is 1. The van der Waals surface area contributed by atoms with Gasteiger partial charge in [-0.2, -0.15) is 0 Å². The smallest absolute Gasteiger partial charge is 0.250 e. The number of rotatable bonds is 2. The second-order valence-electron chi connectivity index (χ2n) is 5.21. The quantitative estimate of drug-likeness (QED) is 0.679. The van der Waals surface area contributed by atoms with Crippen LogP contribution in [0.15, 0.2) is 54.6 Å². The van der Waals surface area contributed by atoms with Gasteiger partial charge >= 0.3 is 0 Å². The molecule has 0 unspecified atom stereocenters. The van der Waals surface area contributed by atoms with Crippen LogP contribution in [0.1, 0.15) is 11.1 Å². The van der Waals surface area contributed by atoms with Gasteiger partial charge in [-0.3, -0.25) is 10.1 Å². The van der Waals surface area contributed by atoms with Crippen LogP contribution in [0, 0.1) is 5.82 Å². The number of fused-ring (bicyclic) bond motifs is 1. The van der Waals surface area contributed by atoms with Gasteiger partial charge in [0.25, 0.3) is 0 Å². The first-order chi connectivity index (χ1) is 11.1. The van der Waals surface area contributed by atoms with E-state index in [0.29, 0.717) is 5.11 Å². The number of carbonyl (C=O) groups is 1. The summed E-state index contributed by atoms with van der Waals surface area (Å²) in [5.74, 6) is -0.607. The Bertz CT molecular complexity index is 771. The Morgan fingerprint density at radius 2 is 1.91 bits per heavy atom. The van der Waals surface area contributed by atoms with Crippen LogP contribution in [0.5, 0.6) is 0 Å². The predicted molar refractivity (Wildman–Crippen MR) is 93.7 cm³/mol. The molecule has 0 bridgehead atoms. The molecule has 0 saturated carbocycles. The van der Waals surface area contributed by atoms with Crippen molar-refractivity contribution in [2.24, 2.45) is 0 Å². The van der Waals surface area contributed by atoms with E-state index < -0.39 is 0 Å². The molecule has 3 rings (SSSR count). The summed E-state index contributed by atoms with van der Waals surface area (Å²) < 4.78 is 12.8. The Labute approximate surface area is 139 Å². The standard InChI is InChI=1S/C18H15FN2OS/c19-15-8-5-13(6-9-15)7-10-17(22)20-18(23)21-12-11-14-3-1-2-4-16(14)21/h1-10H,11-12H2,(H,20,22,23). The SMILES string of the molecule is O=C(C=Cc1ccc(F)cc1)NC(=S)N1CCc2ccccc21. The van der Waals surface area contributed by atoms with Crippen molar-refractivity contribution < 1.29 is 9.18 Å². The van der Waals surface area contributed by atoms with E-state index in [0.717, 1.165) is 24.2 Å². The third kappa shape index (κ3) is 3.63. The second-order valence-corrected chi connectivity index (χ2v) is 5.60. The van der Waals surface area contributed by atoms with Gasteiger partial charge in [0.05, 0.1) is 0 Å². The van der Waals surface area contributed by atoms with Crippen LogP contribution >= 0.6 is 12.2 Å². The third-order valence-corrected chi connectivity index (χ3v) is 3.98. The molecule has 2 aromatic carbocycles. The number of para-hydroxylation sites is 1. The maximum Gasteiger partial charge on any atom is 0.250 e. The van der Waals surface area contributed by atoms with Crippen molar-refractivity contribution in [3.63, 3.8) is 0 Å². The topological polar surface area (TPSA) is 32.3 Å². The highest BCUT2D eigenvalue weighted by Gasteiger charge is 2.22. The maximum atomic E-state index is 12.8. The lowest BCUT2D eigenvalue weighted by Crippen LogP contribution is -2.41. The fourth-order valence-electron chi connectivity index (χ4n) is 2.51. The lowest BCUT2D eigenvalue weighted by atomic mass is 10.2. The molecule has 2 aromatic rings. The van der Waals surface area contributed by atoms with Crippen molar-refractivity contribution in [3.8, 4) is 0 Å². The number of amides is 1. The summed E-state index contributed by atoms with van der Waals surface area (Å²) in [4.78, 5) is 13.9. The molecule has 3 nitrogen and oxygen atoms in total. The molecule has 1 aliphatic rings. The van der Waals surface area contributed by atoms with Gasteiger partial charge in [0, 0.05) is 18.3 Å². The fraction of sp³-hybridized carbons (Fsp3) is 0.111. The van der Waals surface area contributed by atoms with Crippen molar-refractivity contribution in [3.05, 3.63) is 71.6 Å². The molecule has 1 amide bonds. The molecule has 23 heavy (non-hydrogen) atoms. The van der Waals surface area contributed by atoms with E-state index in [4.69, 9.17) is 12.2 Å². The molecule has 0 saturated heterocycles. The molecule has 0 spiro atoms. The third-order valence-electron chi connectivity index (χ3n) is 3.66. The van der Waals surface area contributed by atoms with Crippen molar-refractivity contribution in [2.45, 2.75) is 6.42 Å². The summed E-state index contributed by atoms with van der Waals surface area (Å²) >= 11 is 5.32.